The number of rotatable bonds is 3. The van der Waals surface area contributed by atoms with Crippen LogP contribution in [0.3, 0.4) is 0 Å². The van der Waals surface area contributed by atoms with E-state index in [0.717, 1.165) is 20.3 Å². The van der Waals surface area contributed by atoms with E-state index in [1.165, 1.54) is 0 Å². The summed E-state index contributed by atoms with van der Waals surface area (Å²) < 4.78 is 1.05. The fourth-order valence-corrected chi connectivity index (χ4v) is 3.37. The molecule has 3 aromatic rings. The highest BCUT2D eigenvalue weighted by molar-refractivity contribution is 14.1. The van der Waals surface area contributed by atoms with E-state index in [0.29, 0.717) is 0 Å². The molecule has 0 aliphatic heterocycles. The summed E-state index contributed by atoms with van der Waals surface area (Å²) in [6.45, 7) is 0. The van der Waals surface area contributed by atoms with E-state index in [2.05, 4.69) is 22.6 Å². The summed E-state index contributed by atoms with van der Waals surface area (Å²) in [4.78, 5) is 0. The SMILES string of the molecule is OC(c1ccccc1)(c1ccccc1)c1ccccc1I. The van der Waals surface area contributed by atoms with Crippen LogP contribution >= 0.6 is 22.6 Å². The Labute approximate surface area is 138 Å². The number of aliphatic hydroxyl groups is 1. The molecule has 1 nitrogen and oxygen atoms in total. The maximum absolute atomic E-state index is 11.6. The smallest absolute Gasteiger partial charge is 0.141 e. The third-order valence-electron chi connectivity index (χ3n) is 3.65. The lowest BCUT2D eigenvalue weighted by molar-refractivity contribution is 0.125. The fourth-order valence-electron chi connectivity index (χ4n) is 2.59. The summed E-state index contributed by atoms with van der Waals surface area (Å²) >= 11 is 2.28. The Hall–Kier alpha value is -1.65. The van der Waals surface area contributed by atoms with Gasteiger partial charge in [0.1, 0.15) is 5.60 Å². The van der Waals surface area contributed by atoms with Crippen LogP contribution in [0.15, 0.2) is 84.9 Å². The molecule has 3 rings (SSSR count). The van der Waals surface area contributed by atoms with Gasteiger partial charge >= 0.3 is 0 Å². The van der Waals surface area contributed by atoms with Crippen molar-refractivity contribution in [2.45, 2.75) is 5.60 Å². The first-order valence-electron chi connectivity index (χ1n) is 6.81. The van der Waals surface area contributed by atoms with Crippen LogP contribution in [0.2, 0.25) is 0 Å². The first-order valence-corrected chi connectivity index (χ1v) is 7.89. The quantitative estimate of drug-likeness (QED) is 0.516. The van der Waals surface area contributed by atoms with Gasteiger partial charge in [0.2, 0.25) is 0 Å². The topological polar surface area (TPSA) is 20.2 Å². The molecule has 104 valence electrons. The van der Waals surface area contributed by atoms with Crippen molar-refractivity contribution < 1.29 is 5.11 Å². The summed E-state index contributed by atoms with van der Waals surface area (Å²) in [5.41, 5.74) is 1.52. The Balaban J connectivity index is 2.29. The zero-order chi connectivity index (χ0) is 14.7. The molecule has 0 radical (unpaired) electrons. The Morgan fingerprint density at radius 2 is 1.05 bits per heavy atom. The van der Waals surface area contributed by atoms with Gasteiger partial charge < -0.3 is 5.11 Å². The highest BCUT2D eigenvalue weighted by Crippen LogP contribution is 2.38. The third kappa shape index (κ3) is 2.61. The van der Waals surface area contributed by atoms with Gasteiger partial charge in [-0.2, -0.15) is 0 Å². The van der Waals surface area contributed by atoms with Gasteiger partial charge in [0, 0.05) is 9.13 Å². The molecule has 2 heteroatoms. The first-order chi connectivity index (χ1) is 10.2. The Morgan fingerprint density at radius 1 is 0.619 bits per heavy atom. The van der Waals surface area contributed by atoms with Crippen LogP contribution in [0, 0.1) is 3.57 Å². The van der Waals surface area contributed by atoms with Crippen LogP contribution in [0.1, 0.15) is 16.7 Å². The van der Waals surface area contributed by atoms with Crippen molar-refractivity contribution >= 4 is 22.6 Å². The van der Waals surface area contributed by atoms with Crippen molar-refractivity contribution in [2.24, 2.45) is 0 Å². The Bertz CT molecular complexity index is 683. The average molecular weight is 386 g/mol. The molecule has 0 amide bonds. The van der Waals surface area contributed by atoms with Crippen LogP contribution < -0.4 is 0 Å². The van der Waals surface area contributed by atoms with Crippen LogP contribution in [0.4, 0.5) is 0 Å². The van der Waals surface area contributed by atoms with E-state index >= 15 is 0 Å². The molecule has 0 aliphatic carbocycles. The van der Waals surface area contributed by atoms with Crippen LogP contribution in [-0.4, -0.2) is 5.11 Å². The predicted molar refractivity (Wildman–Crippen MR) is 94.1 cm³/mol. The largest absolute Gasteiger partial charge is 0.376 e. The molecule has 0 atom stereocenters. The molecule has 0 saturated carbocycles. The number of halogens is 1. The maximum Gasteiger partial charge on any atom is 0.141 e. The van der Waals surface area contributed by atoms with Gasteiger partial charge in [0.15, 0.2) is 0 Å². The minimum absolute atomic E-state index is 0.875. The van der Waals surface area contributed by atoms with Gasteiger partial charge in [-0.1, -0.05) is 78.9 Å². The Kier molecular flexibility index (Phi) is 4.08. The van der Waals surface area contributed by atoms with Crippen molar-refractivity contribution in [1.82, 2.24) is 0 Å². The van der Waals surface area contributed by atoms with Gasteiger partial charge in [0.25, 0.3) is 0 Å². The third-order valence-corrected chi connectivity index (χ3v) is 4.59. The highest BCUT2D eigenvalue weighted by Gasteiger charge is 2.34. The lowest BCUT2D eigenvalue weighted by Crippen LogP contribution is -2.29. The van der Waals surface area contributed by atoms with Crippen molar-refractivity contribution in [1.29, 1.82) is 0 Å². The molecule has 0 aliphatic rings. The van der Waals surface area contributed by atoms with Gasteiger partial charge in [-0.05, 0) is 39.8 Å². The van der Waals surface area contributed by atoms with Gasteiger partial charge in [-0.3, -0.25) is 0 Å². The standard InChI is InChI=1S/C19H15IO/c20-18-14-8-7-13-17(18)19(21,15-9-3-1-4-10-15)16-11-5-2-6-12-16/h1-14,21H. The van der Waals surface area contributed by atoms with Gasteiger partial charge in [0.05, 0.1) is 0 Å². The summed E-state index contributed by atoms with van der Waals surface area (Å²) in [5.74, 6) is 0. The van der Waals surface area contributed by atoms with Crippen molar-refractivity contribution in [3.8, 4) is 0 Å². The lowest BCUT2D eigenvalue weighted by Gasteiger charge is -2.31. The molecule has 0 heterocycles. The number of hydrogen-bond acceptors (Lipinski definition) is 1. The van der Waals surface area contributed by atoms with Gasteiger partial charge in [-0.15, -0.1) is 0 Å². The van der Waals surface area contributed by atoms with E-state index in [4.69, 9.17) is 0 Å². The zero-order valence-electron chi connectivity index (χ0n) is 11.4. The van der Waals surface area contributed by atoms with E-state index in [1.807, 2.05) is 84.9 Å². The maximum atomic E-state index is 11.6. The Morgan fingerprint density at radius 3 is 1.52 bits per heavy atom. The summed E-state index contributed by atoms with van der Waals surface area (Å²) in [6, 6.07) is 27.6. The molecule has 0 unspecified atom stereocenters. The molecule has 1 N–H and O–H groups in total. The van der Waals surface area contributed by atoms with E-state index in [-0.39, 0.29) is 0 Å². The van der Waals surface area contributed by atoms with E-state index in [9.17, 15) is 5.11 Å². The molecule has 0 bridgehead atoms. The fraction of sp³-hybridized carbons (Fsp3) is 0.0526. The number of benzene rings is 3. The molecule has 0 aromatic heterocycles. The van der Waals surface area contributed by atoms with Crippen molar-refractivity contribution in [3.63, 3.8) is 0 Å². The summed E-state index contributed by atoms with van der Waals surface area (Å²) in [5, 5.41) is 11.6. The average Bonchev–Trinajstić information content (AvgIpc) is 2.56. The molecule has 0 saturated heterocycles. The minimum atomic E-state index is -1.14. The van der Waals surface area contributed by atoms with Crippen molar-refractivity contribution in [2.75, 3.05) is 0 Å². The molecular weight excluding hydrogens is 371 g/mol. The second-order valence-corrected chi connectivity index (χ2v) is 6.08. The predicted octanol–water partition coefficient (Wildman–Crippen LogP) is 4.58. The van der Waals surface area contributed by atoms with Crippen LogP contribution in [0.25, 0.3) is 0 Å². The van der Waals surface area contributed by atoms with Crippen LogP contribution in [0.5, 0.6) is 0 Å². The monoisotopic (exact) mass is 386 g/mol. The first kappa shape index (κ1) is 14.3. The summed E-state index contributed by atoms with van der Waals surface area (Å²) in [6.07, 6.45) is 0. The normalized spacial score (nSPS) is 11.3. The second-order valence-electron chi connectivity index (χ2n) is 4.92. The molecular formula is C19H15IO. The minimum Gasteiger partial charge on any atom is -0.376 e. The molecule has 21 heavy (non-hydrogen) atoms. The lowest BCUT2D eigenvalue weighted by atomic mass is 9.80. The highest BCUT2D eigenvalue weighted by atomic mass is 127. The summed E-state index contributed by atoms with van der Waals surface area (Å²) in [7, 11) is 0. The molecule has 0 spiro atoms. The van der Waals surface area contributed by atoms with Gasteiger partial charge in [-0.25, -0.2) is 0 Å². The number of hydrogen-bond donors (Lipinski definition) is 1. The van der Waals surface area contributed by atoms with Crippen LogP contribution in [-0.2, 0) is 5.60 Å². The zero-order valence-corrected chi connectivity index (χ0v) is 13.6. The second kappa shape index (κ2) is 6.00. The van der Waals surface area contributed by atoms with E-state index in [1.54, 1.807) is 0 Å². The molecule has 0 fully saturated rings. The van der Waals surface area contributed by atoms with Crippen molar-refractivity contribution in [3.05, 3.63) is 105 Å². The van der Waals surface area contributed by atoms with E-state index < -0.39 is 5.60 Å². The molecule has 3 aromatic carbocycles.